The summed E-state index contributed by atoms with van der Waals surface area (Å²) in [6.07, 6.45) is 3.15. The fourth-order valence-electron chi connectivity index (χ4n) is 2.00. The molecule has 3 N–H and O–H groups in total. The normalized spacial score (nSPS) is 12.6. The summed E-state index contributed by atoms with van der Waals surface area (Å²) in [4.78, 5) is 0. The molecule has 0 fully saturated rings. The Morgan fingerprint density at radius 1 is 1.16 bits per heavy atom. The molecule has 0 aliphatic carbocycles. The first-order valence-corrected chi connectivity index (χ1v) is 6.93. The molecule has 1 aromatic rings. The maximum Gasteiger partial charge on any atom is 0.0700 e. The first-order chi connectivity index (χ1) is 9.31. The monoisotopic (exact) mass is 266 g/mol. The Hall–Kier alpha value is -0.940. The van der Waals surface area contributed by atoms with Gasteiger partial charge < -0.3 is 9.47 Å². The van der Waals surface area contributed by atoms with Crippen molar-refractivity contribution in [1.29, 1.82) is 0 Å². The average Bonchev–Trinajstić information content (AvgIpc) is 2.44. The predicted molar refractivity (Wildman–Crippen MR) is 77.8 cm³/mol. The molecule has 0 heterocycles. The summed E-state index contributed by atoms with van der Waals surface area (Å²) in [6, 6.07) is 8.78. The second kappa shape index (κ2) is 9.92. The van der Waals surface area contributed by atoms with Crippen LogP contribution in [0.2, 0.25) is 0 Å². The van der Waals surface area contributed by atoms with Crippen molar-refractivity contribution in [3.05, 3.63) is 35.4 Å². The lowest BCUT2D eigenvalue weighted by Gasteiger charge is -2.16. The first kappa shape index (κ1) is 16.1. The molecule has 0 aromatic heterocycles. The van der Waals surface area contributed by atoms with Crippen LogP contribution in [0.3, 0.4) is 0 Å². The summed E-state index contributed by atoms with van der Waals surface area (Å²) < 4.78 is 10.4. The summed E-state index contributed by atoms with van der Waals surface area (Å²) in [7, 11) is 1.67. The van der Waals surface area contributed by atoms with Crippen LogP contribution >= 0.6 is 0 Å². The fraction of sp³-hybridized carbons (Fsp3) is 0.600. The van der Waals surface area contributed by atoms with Crippen LogP contribution in [0, 0.1) is 0 Å². The van der Waals surface area contributed by atoms with E-state index in [0.717, 1.165) is 12.8 Å². The minimum atomic E-state index is 0.137. The molecular formula is C15H26N2O2. The van der Waals surface area contributed by atoms with Gasteiger partial charge in [0, 0.05) is 19.8 Å². The molecule has 0 bridgehead atoms. The van der Waals surface area contributed by atoms with E-state index in [-0.39, 0.29) is 6.04 Å². The van der Waals surface area contributed by atoms with Gasteiger partial charge in [-0.15, -0.1) is 0 Å². The van der Waals surface area contributed by atoms with Crippen molar-refractivity contribution in [2.24, 2.45) is 5.84 Å². The van der Waals surface area contributed by atoms with Gasteiger partial charge in [0.15, 0.2) is 0 Å². The molecule has 0 saturated heterocycles. The van der Waals surface area contributed by atoms with Crippen LogP contribution in [0.25, 0.3) is 0 Å². The Morgan fingerprint density at radius 3 is 2.47 bits per heavy atom. The number of hydrogen-bond donors (Lipinski definition) is 2. The van der Waals surface area contributed by atoms with Crippen LogP contribution in [0.15, 0.2) is 24.3 Å². The quantitative estimate of drug-likeness (QED) is 0.387. The van der Waals surface area contributed by atoms with E-state index < -0.39 is 0 Å². The van der Waals surface area contributed by atoms with Crippen LogP contribution in [-0.4, -0.2) is 26.9 Å². The van der Waals surface area contributed by atoms with Gasteiger partial charge in [0.05, 0.1) is 13.2 Å². The summed E-state index contributed by atoms with van der Waals surface area (Å²) in [6.45, 7) is 4.13. The third-order valence-corrected chi connectivity index (χ3v) is 3.10. The van der Waals surface area contributed by atoms with Gasteiger partial charge in [-0.3, -0.25) is 11.3 Å². The third-order valence-electron chi connectivity index (χ3n) is 3.10. The molecule has 1 unspecified atom stereocenters. The van der Waals surface area contributed by atoms with Crippen LogP contribution in [0.5, 0.6) is 0 Å². The summed E-state index contributed by atoms with van der Waals surface area (Å²) in [5.74, 6) is 5.61. The summed E-state index contributed by atoms with van der Waals surface area (Å²) >= 11 is 0. The highest BCUT2D eigenvalue weighted by molar-refractivity contribution is 5.25. The van der Waals surface area contributed by atoms with Gasteiger partial charge in [-0.2, -0.15) is 0 Å². The van der Waals surface area contributed by atoms with Crippen LogP contribution in [0.1, 0.15) is 36.9 Å². The molecule has 0 aliphatic heterocycles. The van der Waals surface area contributed by atoms with Crippen LogP contribution in [0.4, 0.5) is 0 Å². The van der Waals surface area contributed by atoms with Gasteiger partial charge in [-0.25, -0.2) is 0 Å². The van der Waals surface area contributed by atoms with E-state index in [2.05, 4.69) is 36.6 Å². The smallest absolute Gasteiger partial charge is 0.0700 e. The molecule has 1 aromatic carbocycles. The van der Waals surface area contributed by atoms with Crippen LogP contribution in [-0.2, 0) is 15.9 Å². The van der Waals surface area contributed by atoms with Crippen molar-refractivity contribution < 1.29 is 9.47 Å². The van der Waals surface area contributed by atoms with Gasteiger partial charge in [0.2, 0.25) is 0 Å². The Morgan fingerprint density at radius 2 is 1.89 bits per heavy atom. The predicted octanol–water partition coefficient (Wildman–Crippen LogP) is 2.20. The van der Waals surface area contributed by atoms with Crippen molar-refractivity contribution in [2.75, 3.05) is 26.9 Å². The van der Waals surface area contributed by atoms with Crippen molar-refractivity contribution in [1.82, 2.24) is 5.43 Å². The highest BCUT2D eigenvalue weighted by atomic mass is 16.5. The summed E-state index contributed by atoms with van der Waals surface area (Å²) in [5, 5.41) is 0. The Kier molecular flexibility index (Phi) is 8.41. The third kappa shape index (κ3) is 6.16. The molecular weight excluding hydrogens is 240 g/mol. The van der Waals surface area contributed by atoms with E-state index in [1.54, 1.807) is 7.11 Å². The topological polar surface area (TPSA) is 56.5 Å². The van der Waals surface area contributed by atoms with E-state index in [1.807, 2.05) is 0 Å². The van der Waals surface area contributed by atoms with Crippen molar-refractivity contribution in [3.8, 4) is 0 Å². The molecule has 4 nitrogen and oxygen atoms in total. The van der Waals surface area contributed by atoms with Gasteiger partial charge in [0.1, 0.15) is 0 Å². The Labute approximate surface area is 116 Å². The molecule has 0 amide bonds. The summed E-state index contributed by atoms with van der Waals surface area (Å²) in [5.41, 5.74) is 5.43. The van der Waals surface area contributed by atoms with E-state index in [0.29, 0.717) is 19.8 Å². The van der Waals surface area contributed by atoms with Crippen molar-refractivity contribution >= 4 is 0 Å². The molecule has 19 heavy (non-hydrogen) atoms. The van der Waals surface area contributed by atoms with Crippen LogP contribution < -0.4 is 11.3 Å². The number of nitrogens with two attached hydrogens (primary N) is 1. The lowest BCUT2D eigenvalue weighted by Crippen LogP contribution is -2.29. The Bertz CT molecular complexity index is 327. The van der Waals surface area contributed by atoms with E-state index >= 15 is 0 Å². The number of benzene rings is 1. The SMILES string of the molecule is CCCc1ccc(C(CCOCCOC)NN)cc1. The minimum absolute atomic E-state index is 0.137. The highest BCUT2D eigenvalue weighted by Gasteiger charge is 2.09. The van der Waals surface area contributed by atoms with Gasteiger partial charge in [-0.1, -0.05) is 37.6 Å². The zero-order chi connectivity index (χ0) is 13.9. The second-order valence-electron chi connectivity index (χ2n) is 4.60. The number of hydrazine groups is 1. The Balaban J connectivity index is 2.40. The number of nitrogens with one attached hydrogen (secondary N) is 1. The van der Waals surface area contributed by atoms with E-state index in [4.69, 9.17) is 15.3 Å². The lowest BCUT2D eigenvalue weighted by atomic mass is 10.0. The molecule has 0 radical (unpaired) electrons. The van der Waals surface area contributed by atoms with Gasteiger partial charge in [0.25, 0.3) is 0 Å². The second-order valence-corrected chi connectivity index (χ2v) is 4.60. The molecule has 1 rings (SSSR count). The number of aryl methyl sites for hydroxylation is 1. The first-order valence-electron chi connectivity index (χ1n) is 6.93. The van der Waals surface area contributed by atoms with Crippen molar-refractivity contribution in [3.63, 3.8) is 0 Å². The standard InChI is InChI=1S/C15H26N2O2/c1-3-4-13-5-7-14(8-6-13)15(17-16)9-10-19-12-11-18-2/h5-8,15,17H,3-4,9-12,16H2,1-2H3. The fourth-order valence-corrected chi connectivity index (χ4v) is 2.00. The average molecular weight is 266 g/mol. The van der Waals surface area contributed by atoms with Gasteiger partial charge in [-0.05, 0) is 24.0 Å². The number of hydrogen-bond acceptors (Lipinski definition) is 4. The maximum absolute atomic E-state index is 5.61. The van der Waals surface area contributed by atoms with Crippen molar-refractivity contribution in [2.45, 2.75) is 32.2 Å². The van der Waals surface area contributed by atoms with E-state index in [1.165, 1.54) is 17.5 Å². The molecule has 108 valence electrons. The van der Waals surface area contributed by atoms with Gasteiger partial charge >= 0.3 is 0 Å². The number of rotatable bonds is 10. The molecule has 1 atom stereocenters. The lowest BCUT2D eigenvalue weighted by molar-refractivity contribution is 0.0658. The molecule has 0 aliphatic rings. The maximum atomic E-state index is 5.61. The number of ether oxygens (including phenoxy) is 2. The zero-order valence-electron chi connectivity index (χ0n) is 12.0. The van der Waals surface area contributed by atoms with E-state index in [9.17, 15) is 0 Å². The molecule has 0 spiro atoms. The number of methoxy groups -OCH3 is 1. The molecule has 4 heteroatoms. The molecule has 0 saturated carbocycles. The minimum Gasteiger partial charge on any atom is -0.382 e. The highest BCUT2D eigenvalue weighted by Crippen LogP contribution is 2.17. The largest absolute Gasteiger partial charge is 0.382 e. The zero-order valence-corrected chi connectivity index (χ0v) is 12.0.